The lowest BCUT2D eigenvalue weighted by Gasteiger charge is -2.34. The Hall–Kier alpha value is -2.03. The van der Waals surface area contributed by atoms with Crippen molar-refractivity contribution in [3.8, 4) is 0 Å². The van der Waals surface area contributed by atoms with E-state index in [4.69, 9.17) is 0 Å². The summed E-state index contributed by atoms with van der Waals surface area (Å²) in [6, 6.07) is 3.73. The minimum Gasteiger partial charge on any atom is -0.340 e. The molecule has 4 heterocycles. The van der Waals surface area contributed by atoms with Crippen LogP contribution in [-0.2, 0) is 17.8 Å². The van der Waals surface area contributed by atoms with Crippen LogP contribution in [0.25, 0.3) is 4.96 Å². The van der Waals surface area contributed by atoms with Crippen LogP contribution in [-0.4, -0.2) is 51.3 Å². The number of thiophene rings is 1. The predicted octanol–water partition coefficient (Wildman–Crippen LogP) is 2.32. The fraction of sp³-hybridized carbons (Fsp3) is 0.421. The van der Waals surface area contributed by atoms with Crippen LogP contribution in [0.2, 0.25) is 0 Å². The molecule has 0 saturated carbocycles. The van der Waals surface area contributed by atoms with Crippen LogP contribution in [0, 0.1) is 13.8 Å². The largest absolute Gasteiger partial charge is 0.340 e. The van der Waals surface area contributed by atoms with Crippen LogP contribution in [0.1, 0.15) is 21.0 Å². The molecule has 1 fully saturated rings. The van der Waals surface area contributed by atoms with E-state index in [1.807, 2.05) is 10.3 Å². The first-order valence-electron chi connectivity index (χ1n) is 9.01. The van der Waals surface area contributed by atoms with E-state index >= 15 is 0 Å². The van der Waals surface area contributed by atoms with Crippen molar-refractivity contribution in [1.29, 1.82) is 0 Å². The van der Waals surface area contributed by atoms with Gasteiger partial charge in [0.25, 0.3) is 5.56 Å². The number of carbonyl (C=O) groups is 1. The lowest BCUT2D eigenvalue weighted by atomic mass is 10.1. The molecule has 6 nitrogen and oxygen atoms in total. The number of amides is 1. The second-order valence-corrected chi connectivity index (χ2v) is 9.25. The first-order chi connectivity index (χ1) is 13.0. The molecule has 0 bridgehead atoms. The lowest BCUT2D eigenvalue weighted by molar-refractivity contribution is -0.132. The van der Waals surface area contributed by atoms with Crippen LogP contribution in [0.5, 0.6) is 0 Å². The summed E-state index contributed by atoms with van der Waals surface area (Å²) in [6.07, 6.45) is 2.24. The number of hydrogen-bond acceptors (Lipinski definition) is 6. The van der Waals surface area contributed by atoms with Gasteiger partial charge in [-0.2, -0.15) is 0 Å². The maximum Gasteiger partial charge on any atom is 0.258 e. The third-order valence-electron chi connectivity index (χ3n) is 4.95. The Morgan fingerprint density at radius 3 is 2.67 bits per heavy atom. The lowest BCUT2D eigenvalue weighted by Crippen LogP contribution is -2.48. The number of piperazine rings is 1. The third kappa shape index (κ3) is 3.97. The molecular weight excluding hydrogens is 380 g/mol. The standard InChI is InChI=1S/C19H22N4O2S2/c1-13-9-15(14(2)27-13)10-17(24)22-5-3-21(4-6-22)12-16-11-18(25)23-7-8-26-19(23)20-16/h7-9,11H,3-6,10,12H2,1-2H3. The smallest absolute Gasteiger partial charge is 0.258 e. The topological polar surface area (TPSA) is 57.9 Å². The van der Waals surface area contributed by atoms with Gasteiger partial charge in [0.15, 0.2) is 4.96 Å². The summed E-state index contributed by atoms with van der Waals surface area (Å²) >= 11 is 3.22. The van der Waals surface area contributed by atoms with Gasteiger partial charge in [-0.15, -0.1) is 22.7 Å². The number of aryl methyl sites for hydroxylation is 2. The number of carbonyl (C=O) groups excluding carboxylic acids is 1. The molecule has 1 aliphatic heterocycles. The van der Waals surface area contributed by atoms with Gasteiger partial charge in [0.1, 0.15) is 0 Å². The molecule has 1 saturated heterocycles. The van der Waals surface area contributed by atoms with Crippen LogP contribution < -0.4 is 5.56 Å². The van der Waals surface area contributed by atoms with Gasteiger partial charge < -0.3 is 4.90 Å². The highest BCUT2D eigenvalue weighted by Gasteiger charge is 2.22. The average Bonchev–Trinajstić information content (AvgIpc) is 3.22. The molecule has 0 N–H and O–H groups in total. The molecule has 0 unspecified atom stereocenters. The van der Waals surface area contributed by atoms with Crippen molar-refractivity contribution in [2.24, 2.45) is 0 Å². The maximum atomic E-state index is 12.6. The van der Waals surface area contributed by atoms with Crippen LogP contribution in [0.15, 0.2) is 28.5 Å². The molecule has 1 aliphatic rings. The Labute approximate surface area is 165 Å². The van der Waals surface area contributed by atoms with Crippen LogP contribution in [0.3, 0.4) is 0 Å². The van der Waals surface area contributed by atoms with Crippen molar-refractivity contribution in [3.63, 3.8) is 0 Å². The van der Waals surface area contributed by atoms with Crippen molar-refractivity contribution >= 4 is 33.5 Å². The summed E-state index contributed by atoms with van der Waals surface area (Å²) in [6.45, 7) is 7.87. The first kappa shape index (κ1) is 18.3. The highest BCUT2D eigenvalue weighted by Crippen LogP contribution is 2.21. The normalized spacial score (nSPS) is 15.6. The Kier molecular flexibility index (Phi) is 5.12. The summed E-state index contributed by atoms with van der Waals surface area (Å²) in [7, 11) is 0. The summed E-state index contributed by atoms with van der Waals surface area (Å²) in [5.74, 6) is 0.201. The van der Waals surface area contributed by atoms with Crippen molar-refractivity contribution in [2.45, 2.75) is 26.8 Å². The monoisotopic (exact) mass is 402 g/mol. The van der Waals surface area contributed by atoms with Crippen molar-refractivity contribution < 1.29 is 4.79 Å². The molecule has 0 atom stereocenters. The Morgan fingerprint density at radius 1 is 1.19 bits per heavy atom. The maximum absolute atomic E-state index is 12.6. The number of aromatic nitrogens is 2. The number of fused-ring (bicyclic) bond motifs is 1. The van der Waals surface area contributed by atoms with E-state index in [1.54, 1.807) is 28.0 Å². The molecule has 4 rings (SSSR count). The van der Waals surface area contributed by atoms with Gasteiger partial charge in [0.2, 0.25) is 5.91 Å². The summed E-state index contributed by atoms with van der Waals surface area (Å²) in [5, 5.41) is 1.87. The zero-order chi connectivity index (χ0) is 19.0. The van der Waals surface area contributed by atoms with Gasteiger partial charge in [-0.3, -0.25) is 18.9 Å². The minimum atomic E-state index is -0.0357. The van der Waals surface area contributed by atoms with E-state index < -0.39 is 0 Å². The fourth-order valence-corrected chi connectivity index (χ4v) is 5.17. The number of hydrogen-bond donors (Lipinski definition) is 0. The molecule has 1 amide bonds. The van der Waals surface area contributed by atoms with Gasteiger partial charge >= 0.3 is 0 Å². The first-order valence-corrected chi connectivity index (χ1v) is 10.7. The highest BCUT2D eigenvalue weighted by atomic mass is 32.1. The van der Waals surface area contributed by atoms with E-state index in [2.05, 4.69) is 29.8 Å². The molecule has 142 valence electrons. The molecule has 8 heteroatoms. The van der Waals surface area contributed by atoms with Gasteiger partial charge in [-0.1, -0.05) is 0 Å². The molecule has 0 radical (unpaired) electrons. The van der Waals surface area contributed by atoms with Gasteiger partial charge in [0, 0.05) is 60.1 Å². The van der Waals surface area contributed by atoms with Gasteiger partial charge in [-0.25, -0.2) is 4.98 Å². The Balaban J connectivity index is 1.34. The van der Waals surface area contributed by atoms with Crippen molar-refractivity contribution in [1.82, 2.24) is 19.2 Å². The van der Waals surface area contributed by atoms with Crippen molar-refractivity contribution in [3.05, 3.63) is 55.1 Å². The average molecular weight is 403 g/mol. The number of thiazole rings is 1. The molecule has 3 aromatic rings. The summed E-state index contributed by atoms with van der Waals surface area (Å²) < 4.78 is 1.57. The van der Waals surface area contributed by atoms with E-state index in [0.29, 0.717) is 13.0 Å². The van der Waals surface area contributed by atoms with Gasteiger partial charge in [0.05, 0.1) is 12.1 Å². The van der Waals surface area contributed by atoms with E-state index in [-0.39, 0.29) is 11.5 Å². The molecule has 27 heavy (non-hydrogen) atoms. The molecule has 0 aliphatic carbocycles. The zero-order valence-electron chi connectivity index (χ0n) is 15.5. The quantitative estimate of drug-likeness (QED) is 0.672. The summed E-state index contributed by atoms with van der Waals surface area (Å²) in [4.78, 5) is 36.7. The Bertz CT molecular complexity index is 1030. The summed E-state index contributed by atoms with van der Waals surface area (Å²) in [5.41, 5.74) is 1.91. The van der Waals surface area contributed by atoms with Crippen LogP contribution >= 0.6 is 22.7 Å². The highest BCUT2D eigenvalue weighted by molar-refractivity contribution is 7.15. The molecule has 0 aromatic carbocycles. The molecular formula is C19H22N4O2S2. The second kappa shape index (κ2) is 7.53. The van der Waals surface area contributed by atoms with E-state index in [0.717, 1.165) is 42.4 Å². The second-order valence-electron chi connectivity index (χ2n) is 6.91. The minimum absolute atomic E-state index is 0.0357. The number of nitrogens with zero attached hydrogens (tertiary/aromatic N) is 4. The van der Waals surface area contributed by atoms with Crippen LogP contribution in [0.4, 0.5) is 0 Å². The Morgan fingerprint density at radius 2 is 1.96 bits per heavy atom. The SMILES string of the molecule is Cc1cc(CC(=O)N2CCN(Cc3cc(=O)n4ccsc4n3)CC2)c(C)s1. The third-order valence-corrected chi connectivity index (χ3v) is 6.72. The molecule has 3 aromatic heterocycles. The number of rotatable bonds is 4. The van der Waals surface area contributed by atoms with Crippen molar-refractivity contribution in [2.75, 3.05) is 26.2 Å². The fourth-order valence-electron chi connectivity index (χ4n) is 3.49. The molecule has 0 spiro atoms. The predicted molar refractivity (Wildman–Crippen MR) is 109 cm³/mol. The van der Waals surface area contributed by atoms with Gasteiger partial charge in [-0.05, 0) is 25.5 Å². The van der Waals surface area contributed by atoms with E-state index in [1.165, 1.54) is 21.1 Å². The zero-order valence-corrected chi connectivity index (χ0v) is 17.1. The van der Waals surface area contributed by atoms with E-state index in [9.17, 15) is 9.59 Å².